The van der Waals surface area contributed by atoms with Crippen molar-refractivity contribution in [3.05, 3.63) is 89.7 Å². The highest BCUT2D eigenvalue weighted by Gasteiger charge is 2.24. The van der Waals surface area contributed by atoms with Crippen LogP contribution in [0.4, 0.5) is 4.39 Å². The molecule has 0 aliphatic carbocycles. The fourth-order valence-electron chi connectivity index (χ4n) is 3.49. The number of benzene rings is 3. The van der Waals surface area contributed by atoms with E-state index >= 15 is 0 Å². The van der Waals surface area contributed by atoms with Crippen LogP contribution in [0, 0.1) is 5.82 Å². The van der Waals surface area contributed by atoms with Crippen molar-refractivity contribution in [3.8, 4) is 16.9 Å². The molecule has 0 spiro atoms. The van der Waals surface area contributed by atoms with Crippen molar-refractivity contribution in [2.24, 2.45) is 0 Å². The van der Waals surface area contributed by atoms with Crippen LogP contribution in [-0.2, 0) is 20.9 Å². The highest BCUT2D eigenvalue weighted by atomic mass is 19.1. The van der Waals surface area contributed by atoms with Gasteiger partial charge in [0.05, 0.1) is 12.3 Å². The number of carbonyl (C=O) groups excluding carboxylic acids is 2. The molecule has 4 nitrogen and oxygen atoms in total. The highest BCUT2D eigenvalue weighted by Crippen LogP contribution is 2.26. The van der Waals surface area contributed by atoms with E-state index in [-0.39, 0.29) is 18.0 Å². The average molecular weight is 449 g/mol. The van der Waals surface area contributed by atoms with Gasteiger partial charge in [-0.05, 0) is 80.3 Å². The summed E-state index contributed by atoms with van der Waals surface area (Å²) in [5, 5.41) is 0. The number of rotatable bonds is 8. The van der Waals surface area contributed by atoms with Gasteiger partial charge in [-0.25, -0.2) is 4.39 Å². The molecule has 0 fully saturated rings. The number of carbonyl (C=O) groups is 2. The summed E-state index contributed by atoms with van der Waals surface area (Å²) < 4.78 is 24.5. The van der Waals surface area contributed by atoms with Crippen LogP contribution in [0.25, 0.3) is 11.1 Å². The Bertz CT molecular complexity index is 1100. The number of halogens is 1. The second kappa shape index (κ2) is 10.4. The number of esters is 1. The van der Waals surface area contributed by atoms with Gasteiger partial charge in [0.2, 0.25) is 0 Å². The van der Waals surface area contributed by atoms with Crippen molar-refractivity contribution < 1.29 is 23.5 Å². The maximum atomic E-state index is 13.2. The molecule has 3 aromatic rings. The zero-order chi connectivity index (χ0) is 24.0. The minimum Gasteiger partial charge on any atom is -0.489 e. The Labute approximate surface area is 194 Å². The quantitative estimate of drug-likeness (QED) is 0.370. The zero-order valence-corrected chi connectivity index (χ0v) is 19.4. The average Bonchev–Trinajstić information content (AvgIpc) is 2.76. The van der Waals surface area contributed by atoms with Gasteiger partial charge in [-0.15, -0.1) is 0 Å². The molecular weight excluding hydrogens is 419 g/mol. The van der Waals surface area contributed by atoms with E-state index in [1.165, 1.54) is 19.1 Å². The monoisotopic (exact) mass is 448 g/mol. The minimum atomic E-state index is -0.593. The van der Waals surface area contributed by atoms with Crippen LogP contribution in [0.3, 0.4) is 0 Å². The Morgan fingerprint density at radius 3 is 2.18 bits per heavy atom. The van der Waals surface area contributed by atoms with Gasteiger partial charge >= 0.3 is 5.97 Å². The van der Waals surface area contributed by atoms with Crippen molar-refractivity contribution in [1.29, 1.82) is 0 Å². The molecule has 0 saturated heterocycles. The minimum absolute atomic E-state index is 0.00296. The molecule has 0 bridgehead atoms. The normalized spacial score (nSPS) is 12.2. The third kappa shape index (κ3) is 7.28. The molecule has 5 heteroatoms. The summed E-state index contributed by atoms with van der Waals surface area (Å²) >= 11 is 0. The fourth-order valence-corrected chi connectivity index (χ4v) is 3.49. The zero-order valence-electron chi connectivity index (χ0n) is 19.4. The van der Waals surface area contributed by atoms with Crippen molar-refractivity contribution in [2.75, 3.05) is 0 Å². The second-order valence-electron chi connectivity index (χ2n) is 9.02. The second-order valence-corrected chi connectivity index (χ2v) is 9.02. The third-order valence-electron chi connectivity index (χ3n) is 5.07. The van der Waals surface area contributed by atoms with E-state index in [0.29, 0.717) is 12.4 Å². The third-order valence-corrected chi connectivity index (χ3v) is 5.07. The van der Waals surface area contributed by atoms with Gasteiger partial charge in [0.15, 0.2) is 0 Å². The van der Waals surface area contributed by atoms with Crippen molar-refractivity contribution in [1.82, 2.24) is 0 Å². The Morgan fingerprint density at radius 2 is 1.58 bits per heavy atom. The topological polar surface area (TPSA) is 52.6 Å². The maximum Gasteiger partial charge on any atom is 0.307 e. The SMILES string of the molecule is CC(=O)C(CC(=O)OC(C)(C)C)c1ccc(OCc2cccc(-c3ccc(F)cc3)c2)cc1. The van der Waals surface area contributed by atoms with Gasteiger partial charge in [0.1, 0.15) is 29.6 Å². The molecule has 3 rings (SSSR count). The van der Waals surface area contributed by atoms with Gasteiger partial charge in [-0.2, -0.15) is 0 Å². The van der Waals surface area contributed by atoms with E-state index < -0.39 is 17.5 Å². The Kier molecular flexibility index (Phi) is 7.64. The summed E-state index contributed by atoms with van der Waals surface area (Å²) in [6.45, 7) is 7.25. The Hall–Kier alpha value is -3.47. The van der Waals surface area contributed by atoms with Gasteiger partial charge < -0.3 is 9.47 Å². The van der Waals surface area contributed by atoms with E-state index in [1.807, 2.05) is 24.3 Å². The lowest BCUT2D eigenvalue weighted by molar-refractivity contribution is -0.156. The summed E-state index contributed by atoms with van der Waals surface area (Å²) in [4.78, 5) is 24.4. The van der Waals surface area contributed by atoms with Gasteiger partial charge in [0.25, 0.3) is 0 Å². The molecule has 0 radical (unpaired) electrons. The number of ether oxygens (including phenoxy) is 2. The lowest BCUT2D eigenvalue weighted by Gasteiger charge is -2.21. The maximum absolute atomic E-state index is 13.2. The Balaban J connectivity index is 1.64. The molecule has 3 aromatic carbocycles. The molecule has 1 unspecified atom stereocenters. The van der Waals surface area contributed by atoms with Gasteiger partial charge in [-0.3, -0.25) is 9.59 Å². The molecule has 0 aromatic heterocycles. The first-order chi connectivity index (χ1) is 15.6. The smallest absolute Gasteiger partial charge is 0.307 e. The molecule has 0 aliphatic rings. The van der Waals surface area contributed by atoms with E-state index in [2.05, 4.69) is 0 Å². The molecule has 0 N–H and O–H groups in total. The first-order valence-corrected chi connectivity index (χ1v) is 10.9. The number of hydrogen-bond donors (Lipinski definition) is 0. The molecule has 0 aliphatic heterocycles. The molecular formula is C28H29FO4. The summed E-state index contributed by atoms with van der Waals surface area (Å²) in [5.41, 5.74) is 3.05. The first kappa shape index (κ1) is 24.2. The van der Waals surface area contributed by atoms with E-state index in [9.17, 15) is 14.0 Å². The van der Waals surface area contributed by atoms with Crippen LogP contribution < -0.4 is 4.74 Å². The van der Waals surface area contributed by atoms with E-state index in [1.54, 1.807) is 57.2 Å². The molecule has 0 heterocycles. The van der Waals surface area contributed by atoms with E-state index in [0.717, 1.165) is 22.3 Å². The first-order valence-electron chi connectivity index (χ1n) is 10.9. The van der Waals surface area contributed by atoms with Crippen molar-refractivity contribution >= 4 is 11.8 Å². The molecule has 0 saturated carbocycles. The van der Waals surface area contributed by atoms with E-state index in [4.69, 9.17) is 9.47 Å². The molecule has 1 atom stereocenters. The van der Waals surface area contributed by atoms with Crippen molar-refractivity contribution in [3.63, 3.8) is 0 Å². The van der Waals surface area contributed by atoms with Gasteiger partial charge in [0, 0.05) is 0 Å². The molecule has 33 heavy (non-hydrogen) atoms. The van der Waals surface area contributed by atoms with Gasteiger partial charge in [-0.1, -0.05) is 42.5 Å². The number of hydrogen-bond acceptors (Lipinski definition) is 4. The van der Waals surface area contributed by atoms with Crippen LogP contribution in [0.2, 0.25) is 0 Å². The number of ketones is 1. The summed E-state index contributed by atoms with van der Waals surface area (Å²) in [6, 6.07) is 21.5. The molecule has 172 valence electrons. The fraction of sp³-hybridized carbons (Fsp3) is 0.286. The van der Waals surface area contributed by atoms with Crippen LogP contribution in [0.15, 0.2) is 72.8 Å². The largest absolute Gasteiger partial charge is 0.489 e. The lowest BCUT2D eigenvalue weighted by Crippen LogP contribution is -2.26. The number of Topliss-reactive ketones (excluding diaryl/α,β-unsaturated/α-hetero) is 1. The summed E-state index contributed by atoms with van der Waals surface area (Å²) in [7, 11) is 0. The summed E-state index contributed by atoms with van der Waals surface area (Å²) in [6.07, 6.45) is 0.00296. The van der Waals surface area contributed by atoms with Crippen molar-refractivity contribution in [2.45, 2.75) is 52.2 Å². The van der Waals surface area contributed by atoms with Crippen LogP contribution >= 0.6 is 0 Å². The Morgan fingerprint density at radius 1 is 0.909 bits per heavy atom. The van der Waals surface area contributed by atoms with Crippen LogP contribution in [0.1, 0.15) is 51.2 Å². The predicted octanol–water partition coefficient (Wildman–Crippen LogP) is 6.48. The van der Waals surface area contributed by atoms with Crippen LogP contribution in [0.5, 0.6) is 5.75 Å². The summed E-state index contributed by atoms with van der Waals surface area (Å²) in [5.74, 6) is -0.650. The standard InChI is InChI=1S/C28H29FO4/c1-19(30)26(17-27(31)33-28(2,3)4)22-10-14-25(15-11-22)32-18-20-6-5-7-23(16-20)21-8-12-24(29)13-9-21/h5-16,26H,17-18H2,1-4H3. The van der Waals surface area contributed by atoms with Crippen LogP contribution in [-0.4, -0.2) is 17.4 Å². The highest BCUT2D eigenvalue weighted by molar-refractivity contribution is 5.88. The predicted molar refractivity (Wildman–Crippen MR) is 126 cm³/mol. The lowest BCUT2D eigenvalue weighted by atomic mass is 9.92. The molecule has 0 amide bonds.